The molecule has 2 aromatic rings. The van der Waals surface area contributed by atoms with E-state index in [2.05, 4.69) is 10.0 Å². The van der Waals surface area contributed by atoms with E-state index in [1.165, 1.54) is 32.4 Å². The predicted octanol–water partition coefficient (Wildman–Crippen LogP) is 2.52. The molecule has 0 saturated heterocycles. The number of methoxy groups -OCH3 is 2. The molecule has 0 heterocycles. The monoisotopic (exact) mass is 450 g/mol. The van der Waals surface area contributed by atoms with E-state index >= 15 is 0 Å². The molecule has 0 aliphatic heterocycles. The zero-order chi connectivity index (χ0) is 22.9. The minimum Gasteiger partial charge on any atom is -0.493 e. The smallest absolute Gasteiger partial charge is 0.240 e. The highest BCUT2D eigenvalue weighted by Crippen LogP contribution is 2.29. The van der Waals surface area contributed by atoms with Crippen LogP contribution in [0.15, 0.2) is 47.4 Å². The summed E-state index contributed by atoms with van der Waals surface area (Å²) < 4.78 is 43.1. The van der Waals surface area contributed by atoms with Crippen LogP contribution in [0, 0.1) is 0 Å². The predicted molar refractivity (Wildman–Crippen MR) is 118 cm³/mol. The summed E-state index contributed by atoms with van der Waals surface area (Å²) in [6.07, 6.45) is 0.827. The Balaban J connectivity index is 1.76. The Morgan fingerprint density at radius 3 is 2.26 bits per heavy atom. The highest BCUT2D eigenvalue weighted by Gasteiger charge is 2.17. The molecular formula is C22H30N2O6S. The third-order valence-corrected chi connectivity index (χ3v) is 5.80. The molecule has 0 aromatic heterocycles. The van der Waals surface area contributed by atoms with Crippen LogP contribution in [-0.4, -0.2) is 47.7 Å². The Morgan fingerprint density at radius 1 is 0.968 bits per heavy atom. The fraction of sp³-hybridized carbons (Fsp3) is 0.409. The molecule has 0 aliphatic carbocycles. The van der Waals surface area contributed by atoms with Crippen LogP contribution in [0.2, 0.25) is 0 Å². The summed E-state index contributed by atoms with van der Waals surface area (Å²) in [4.78, 5) is 12.0. The minimum atomic E-state index is -3.77. The standard InChI is InChI=1S/C22H30N2O6S/c1-16(2)30-18-7-5-17(6-8-18)11-13-23-22(25)12-14-24-31(26,27)19-9-10-20(28-3)21(15-19)29-4/h5-10,15-16,24H,11-14H2,1-4H3,(H,23,25). The van der Waals surface area contributed by atoms with Gasteiger partial charge in [0.1, 0.15) is 5.75 Å². The molecule has 31 heavy (non-hydrogen) atoms. The van der Waals surface area contributed by atoms with E-state index in [0.717, 1.165) is 11.3 Å². The molecule has 0 bridgehead atoms. The number of carbonyl (C=O) groups is 1. The number of hydrogen-bond donors (Lipinski definition) is 2. The van der Waals surface area contributed by atoms with Crippen LogP contribution in [0.3, 0.4) is 0 Å². The molecule has 0 fully saturated rings. The molecule has 1 amide bonds. The van der Waals surface area contributed by atoms with Crippen LogP contribution in [0.1, 0.15) is 25.8 Å². The highest BCUT2D eigenvalue weighted by atomic mass is 32.2. The topological polar surface area (TPSA) is 103 Å². The van der Waals surface area contributed by atoms with Gasteiger partial charge in [-0.1, -0.05) is 12.1 Å². The van der Waals surface area contributed by atoms with Crippen LogP contribution in [0.25, 0.3) is 0 Å². The maximum Gasteiger partial charge on any atom is 0.240 e. The maximum absolute atomic E-state index is 12.4. The molecule has 0 unspecified atom stereocenters. The summed E-state index contributed by atoms with van der Waals surface area (Å²) in [5.74, 6) is 1.33. The van der Waals surface area contributed by atoms with Crippen molar-refractivity contribution in [1.29, 1.82) is 0 Å². The number of benzene rings is 2. The molecule has 0 aliphatic rings. The molecule has 170 valence electrons. The van der Waals surface area contributed by atoms with Crippen molar-refractivity contribution >= 4 is 15.9 Å². The molecule has 2 aromatic carbocycles. The van der Waals surface area contributed by atoms with Gasteiger partial charge in [0.15, 0.2) is 11.5 Å². The minimum absolute atomic E-state index is 0.0102. The first-order valence-corrected chi connectivity index (χ1v) is 11.5. The number of nitrogens with one attached hydrogen (secondary N) is 2. The van der Waals surface area contributed by atoms with Gasteiger partial charge in [-0.25, -0.2) is 13.1 Å². The second-order valence-corrected chi connectivity index (χ2v) is 8.84. The first-order chi connectivity index (χ1) is 14.7. The summed E-state index contributed by atoms with van der Waals surface area (Å²) in [6, 6.07) is 12.0. The Labute approximate surface area is 184 Å². The largest absolute Gasteiger partial charge is 0.493 e. The number of ether oxygens (including phenoxy) is 3. The fourth-order valence-electron chi connectivity index (χ4n) is 2.81. The fourth-order valence-corrected chi connectivity index (χ4v) is 3.85. The lowest BCUT2D eigenvalue weighted by atomic mass is 10.1. The van der Waals surface area contributed by atoms with Crippen LogP contribution < -0.4 is 24.2 Å². The van der Waals surface area contributed by atoms with E-state index in [1.54, 1.807) is 0 Å². The summed E-state index contributed by atoms with van der Waals surface area (Å²) in [6.45, 7) is 4.39. The number of sulfonamides is 1. The average Bonchev–Trinajstić information content (AvgIpc) is 2.74. The van der Waals surface area contributed by atoms with Crippen molar-refractivity contribution in [2.24, 2.45) is 0 Å². The van der Waals surface area contributed by atoms with Crippen molar-refractivity contribution in [1.82, 2.24) is 10.0 Å². The quantitative estimate of drug-likeness (QED) is 0.515. The van der Waals surface area contributed by atoms with Gasteiger partial charge in [0.05, 0.1) is 25.2 Å². The third kappa shape index (κ3) is 7.76. The van der Waals surface area contributed by atoms with E-state index in [0.29, 0.717) is 24.5 Å². The van der Waals surface area contributed by atoms with Crippen molar-refractivity contribution in [2.75, 3.05) is 27.3 Å². The third-order valence-electron chi connectivity index (χ3n) is 4.34. The Hall–Kier alpha value is -2.78. The number of carbonyl (C=O) groups excluding carboxylic acids is 1. The zero-order valence-electron chi connectivity index (χ0n) is 18.3. The van der Waals surface area contributed by atoms with E-state index in [1.807, 2.05) is 38.1 Å². The van der Waals surface area contributed by atoms with Crippen molar-refractivity contribution in [3.8, 4) is 17.2 Å². The van der Waals surface area contributed by atoms with Gasteiger partial charge >= 0.3 is 0 Å². The second-order valence-electron chi connectivity index (χ2n) is 7.08. The van der Waals surface area contributed by atoms with E-state index in [4.69, 9.17) is 14.2 Å². The molecular weight excluding hydrogens is 420 g/mol. The van der Waals surface area contributed by atoms with Gasteiger partial charge in [-0.05, 0) is 50.1 Å². The Morgan fingerprint density at radius 2 is 1.65 bits per heavy atom. The van der Waals surface area contributed by atoms with E-state index in [-0.39, 0.29) is 29.9 Å². The lowest BCUT2D eigenvalue weighted by molar-refractivity contribution is -0.120. The molecule has 0 atom stereocenters. The lowest BCUT2D eigenvalue weighted by Crippen LogP contribution is -2.31. The second kappa shape index (κ2) is 11.6. The van der Waals surface area contributed by atoms with Crippen LogP contribution in [-0.2, 0) is 21.2 Å². The molecule has 8 nitrogen and oxygen atoms in total. The van der Waals surface area contributed by atoms with Crippen molar-refractivity contribution in [3.63, 3.8) is 0 Å². The van der Waals surface area contributed by atoms with Gasteiger partial charge in [0.25, 0.3) is 0 Å². The molecule has 2 rings (SSSR count). The molecule has 0 saturated carbocycles. The Kier molecular flexibility index (Phi) is 9.14. The van der Waals surface area contributed by atoms with Gasteiger partial charge in [-0.2, -0.15) is 0 Å². The van der Waals surface area contributed by atoms with Crippen LogP contribution in [0.5, 0.6) is 17.2 Å². The van der Waals surface area contributed by atoms with E-state index < -0.39 is 10.0 Å². The Bertz CT molecular complexity index is 958. The van der Waals surface area contributed by atoms with Gasteiger partial charge in [0, 0.05) is 25.6 Å². The van der Waals surface area contributed by atoms with Crippen molar-refractivity contribution < 1.29 is 27.4 Å². The van der Waals surface area contributed by atoms with Gasteiger partial charge in [-0.3, -0.25) is 4.79 Å². The lowest BCUT2D eigenvalue weighted by Gasteiger charge is -2.11. The maximum atomic E-state index is 12.4. The van der Waals surface area contributed by atoms with Gasteiger partial charge in [-0.15, -0.1) is 0 Å². The zero-order valence-corrected chi connectivity index (χ0v) is 19.1. The number of hydrogen-bond acceptors (Lipinski definition) is 6. The molecule has 9 heteroatoms. The molecule has 2 N–H and O–H groups in total. The van der Waals surface area contributed by atoms with Gasteiger partial charge in [0.2, 0.25) is 15.9 Å². The van der Waals surface area contributed by atoms with Crippen LogP contribution >= 0.6 is 0 Å². The summed E-state index contributed by atoms with van der Waals surface area (Å²) in [7, 11) is -0.865. The average molecular weight is 451 g/mol. The molecule has 0 radical (unpaired) electrons. The first kappa shape index (κ1) is 24.5. The summed E-state index contributed by atoms with van der Waals surface area (Å²) in [5.41, 5.74) is 1.07. The number of amides is 1. The first-order valence-electron chi connectivity index (χ1n) is 9.99. The van der Waals surface area contributed by atoms with Crippen LogP contribution in [0.4, 0.5) is 0 Å². The summed E-state index contributed by atoms with van der Waals surface area (Å²) in [5, 5.41) is 2.80. The number of rotatable bonds is 12. The van der Waals surface area contributed by atoms with Gasteiger partial charge < -0.3 is 19.5 Å². The van der Waals surface area contributed by atoms with E-state index in [9.17, 15) is 13.2 Å². The normalized spacial score (nSPS) is 11.3. The molecule has 0 spiro atoms. The van der Waals surface area contributed by atoms with Crippen molar-refractivity contribution in [3.05, 3.63) is 48.0 Å². The highest BCUT2D eigenvalue weighted by molar-refractivity contribution is 7.89. The summed E-state index contributed by atoms with van der Waals surface area (Å²) >= 11 is 0. The van der Waals surface area contributed by atoms with Crippen molar-refractivity contribution in [2.45, 2.75) is 37.7 Å². The SMILES string of the molecule is COc1ccc(S(=O)(=O)NCCC(=O)NCCc2ccc(OC(C)C)cc2)cc1OC.